The predicted molar refractivity (Wildman–Crippen MR) is 62.6 cm³/mol. The Morgan fingerprint density at radius 1 is 1.31 bits per heavy atom. The van der Waals surface area contributed by atoms with Gasteiger partial charge in [0.2, 0.25) is 0 Å². The normalized spacial score (nSPS) is 10.6. The summed E-state index contributed by atoms with van der Waals surface area (Å²) in [6.07, 6.45) is 3.82. The van der Waals surface area contributed by atoms with Crippen molar-refractivity contribution in [1.82, 2.24) is 15.1 Å². The fourth-order valence-corrected chi connectivity index (χ4v) is 1.47. The molecule has 0 aliphatic carbocycles. The molecule has 0 saturated carbocycles. The Kier molecular flexibility index (Phi) is 3.22. The van der Waals surface area contributed by atoms with Gasteiger partial charge in [0.05, 0.1) is 11.9 Å². The van der Waals surface area contributed by atoms with E-state index in [-0.39, 0.29) is 5.75 Å². The number of phenolic OH excluding ortho intramolecular Hbond substituents is 1. The molecule has 1 heterocycles. The van der Waals surface area contributed by atoms with Gasteiger partial charge in [0, 0.05) is 18.3 Å². The van der Waals surface area contributed by atoms with Gasteiger partial charge in [0.1, 0.15) is 5.75 Å². The minimum Gasteiger partial charge on any atom is -0.508 e. The van der Waals surface area contributed by atoms with Crippen molar-refractivity contribution in [2.24, 2.45) is 0 Å². The third kappa shape index (κ3) is 2.41. The topological polar surface area (TPSA) is 50.1 Å². The average molecular weight is 217 g/mol. The third-order valence-corrected chi connectivity index (χ3v) is 2.33. The second kappa shape index (κ2) is 4.81. The maximum absolute atomic E-state index is 9.19. The minimum absolute atomic E-state index is 0.267. The van der Waals surface area contributed by atoms with Crippen LogP contribution < -0.4 is 5.32 Å². The van der Waals surface area contributed by atoms with Crippen LogP contribution >= 0.6 is 0 Å². The van der Waals surface area contributed by atoms with Crippen LogP contribution in [0, 0.1) is 0 Å². The molecule has 0 saturated heterocycles. The number of hydrogen-bond acceptors (Lipinski definition) is 3. The third-order valence-electron chi connectivity index (χ3n) is 2.33. The predicted octanol–water partition coefficient (Wildman–Crippen LogP) is 1.69. The molecule has 0 amide bonds. The molecular weight excluding hydrogens is 202 g/mol. The molecule has 2 rings (SSSR count). The van der Waals surface area contributed by atoms with Gasteiger partial charge >= 0.3 is 0 Å². The summed E-state index contributed by atoms with van der Waals surface area (Å²) in [5.74, 6) is 0.267. The second-order valence-electron chi connectivity index (χ2n) is 3.59. The standard InChI is InChI=1S/C12H15N3O/c1-2-13-7-10-8-14-15(9-10)11-3-5-12(16)6-4-11/h3-6,8-9,13,16H,2,7H2,1H3. The van der Waals surface area contributed by atoms with Crippen molar-refractivity contribution in [3.8, 4) is 11.4 Å². The van der Waals surface area contributed by atoms with Crippen LogP contribution in [-0.4, -0.2) is 21.4 Å². The van der Waals surface area contributed by atoms with Gasteiger partial charge in [-0.15, -0.1) is 0 Å². The van der Waals surface area contributed by atoms with Crippen molar-refractivity contribution in [2.75, 3.05) is 6.54 Å². The second-order valence-corrected chi connectivity index (χ2v) is 3.59. The van der Waals surface area contributed by atoms with E-state index in [0.29, 0.717) is 0 Å². The fraction of sp³-hybridized carbons (Fsp3) is 0.250. The molecule has 0 fully saturated rings. The summed E-state index contributed by atoms with van der Waals surface area (Å²) in [6.45, 7) is 3.85. The van der Waals surface area contributed by atoms with Gasteiger partial charge in [0.15, 0.2) is 0 Å². The van der Waals surface area contributed by atoms with Gasteiger partial charge < -0.3 is 10.4 Å². The maximum atomic E-state index is 9.19. The van der Waals surface area contributed by atoms with Crippen LogP contribution in [-0.2, 0) is 6.54 Å². The first-order chi connectivity index (χ1) is 7.79. The lowest BCUT2D eigenvalue weighted by molar-refractivity contribution is 0.475. The lowest BCUT2D eigenvalue weighted by Gasteiger charge is -2.00. The van der Waals surface area contributed by atoms with E-state index in [9.17, 15) is 5.11 Å². The van der Waals surface area contributed by atoms with Crippen LogP contribution in [0.25, 0.3) is 5.69 Å². The van der Waals surface area contributed by atoms with Crippen LogP contribution in [0.3, 0.4) is 0 Å². The summed E-state index contributed by atoms with van der Waals surface area (Å²) in [6, 6.07) is 6.97. The highest BCUT2D eigenvalue weighted by atomic mass is 16.3. The number of phenols is 1. The SMILES string of the molecule is CCNCc1cnn(-c2ccc(O)cc2)c1. The van der Waals surface area contributed by atoms with Crippen LogP contribution in [0.1, 0.15) is 12.5 Å². The lowest BCUT2D eigenvalue weighted by Crippen LogP contribution is -2.10. The van der Waals surface area contributed by atoms with E-state index in [0.717, 1.165) is 24.3 Å². The Morgan fingerprint density at radius 2 is 2.06 bits per heavy atom. The van der Waals surface area contributed by atoms with Gasteiger partial charge in [0.25, 0.3) is 0 Å². The molecule has 16 heavy (non-hydrogen) atoms. The van der Waals surface area contributed by atoms with E-state index in [1.807, 2.05) is 24.5 Å². The van der Waals surface area contributed by atoms with Gasteiger partial charge in [-0.25, -0.2) is 4.68 Å². The Hall–Kier alpha value is -1.81. The van der Waals surface area contributed by atoms with E-state index in [1.165, 1.54) is 0 Å². The molecule has 0 aliphatic heterocycles. The number of aromatic nitrogens is 2. The molecule has 4 heteroatoms. The van der Waals surface area contributed by atoms with Gasteiger partial charge in [-0.05, 0) is 30.8 Å². The van der Waals surface area contributed by atoms with Gasteiger partial charge in [-0.1, -0.05) is 6.92 Å². The molecule has 0 spiro atoms. The zero-order valence-electron chi connectivity index (χ0n) is 9.22. The highest BCUT2D eigenvalue weighted by Crippen LogP contribution is 2.13. The van der Waals surface area contributed by atoms with Crippen LogP contribution in [0.5, 0.6) is 5.75 Å². The zero-order valence-corrected chi connectivity index (χ0v) is 9.22. The average Bonchev–Trinajstić information content (AvgIpc) is 2.76. The Morgan fingerprint density at radius 3 is 2.75 bits per heavy atom. The summed E-state index contributed by atoms with van der Waals surface area (Å²) in [5.41, 5.74) is 2.09. The van der Waals surface area contributed by atoms with Gasteiger partial charge in [-0.2, -0.15) is 5.10 Å². The Bertz CT molecular complexity index is 448. The number of aromatic hydroxyl groups is 1. The molecule has 0 atom stereocenters. The first-order valence-electron chi connectivity index (χ1n) is 5.33. The molecular formula is C12H15N3O. The largest absolute Gasteiger partial charge is 0.508 e. The first kappa shape index (κ1) is 10.7. The van der Waals surface area contributed by atoms with Crippen molar-refractivity contribution < 1.29 is 5.11 Å². The minimum atomic E-state index is 0.267. The molecule has 0 aliphatic rings. The summed E-state index contributed by atoms with van der Waals surface area (Å²) in [5, 5.41) is 16.7. The summed E-state index contributed by atoms with van der Waals surface area (Å²) in [7, 11) is 0. The summed E-state index contributed by atoms with van der Waals surface area (Å²) in [4.78, 5) is 0. The Labute approximate surface area is 94.5 Å². The van der Waals surface area contributed by atoms with Crippen molar-refractivity contribution in [3.05, 3.63) is 42.2 Å². The maximum Gasteiger partial charge on any atom is 0.115 e. The van der Waals surface area contributed by atoms with Crippen molar-refractivity contribution in [2.45, 2.75) is 13.5 Å². The molecule has 4 nitrogen and oxygen atoms in total. The number of nitrogens with zero attached hydrogens (tertiary/aromatic N) is 2. The highest BCUT2D eigenvalue weighted by Gasteiger charge is 2.00. The van der Waals surface area contributed by atoms with Crippen LogP contribution in [0.2, 0.25) is 0 Å². The summed E-state index contributed by atoms with van der Waals surface area (Å²) < 4.78 is 1.80. The Balaban J connectivity index is 2.15. The molecule has 0 radical (unpaired) electrons. The number of rotatable bonds is 4. The van der Waals surface area contributed by atoms with Gasteiger partial charge in [-0.3, -0.25) is 0 Å². The molecule has 2 N–H and O–H groups in total. The van der Waals surface area contributed by atoms with Crippen LogP contribution in [0.15, 0.2) is 36.7 Å². The zero-order chi connectivity index (χ0) is 11.4. The first-order valence-corrected chi connectivity index (χ1v) is 5.33. The van der Waals surface area contributed by atoms with Crippen LogP contribution in [0.4, 0.5) is 0 Å². The van der Waals surface area contributed by atoms with Crippen molar-refractivity contribution >= 4 is 0 Å². The van der Waals surface area contributed by atoms with E-state index in [4.69, 9.17) is 0 Å². The van der Waals surface area contributed by atoms with E-state index in [1.54, 1.807) is 16.8 Å². The molecule has 0 unspecified atom stereocenters. The molecule has 0 bridgehead atoms. The monoisotopic (exact) mass is 217 g/mol. The quantitative estimate of drug-likeness (QED) is 0.819. The molecule has 84 valence electrons. The molecule has 1 aromatic heterocycles. The summed E-state index contributed by atoms with van der Waals surface area (Å²) >= 11 is 0. The van der Waals surface area contributed by atoms with E-state index >= 15 is 0 Å². The number of benzene rings is 1. The smallest absolute Gasteiger partial charge is 0.115 e. The van der Waals surface area contributed by atoms with Crippen molar-refractivity contribution in [1.29, 1.82) is 0 Å². The van der Waals surface area contributed by atoms with E-state index < -0.39 is 0 Å². The fourth-order valence-electron chi connectivity index (χ4n) is 1.47. The molecule has 1 aromatic carbocycles. The highest BCUT2D eigenvalue weighted by molar-refractivity contribution is 5.36. The number of nitrogens with one attached hydrogen (secondary N) is 1. The molecule has 2 aromatic rings. The number of hydrogen-bond donors (Lipinski definition) is 2. The van der Waals surface area contributed by atoms with E-state index in [2.05, 4.69) is 17.3 Å². The lowest BCUT2D eigenvalue weighted by atomic mass is 10.3. The van der Waals surface area contributed by atoms with Crippen molar-refractivity contribution in [3.63, 3.8) is 0 Å².